The van der Waals surface area contributed by atoms with Crippen LogP contribution in [0, 0.1) is 0 Å². The van der Waals surface area contributed by atoms with Crippen molar-refractivity contribution in [2.45, 2.75) is 24.9 Å². The van der Waals surface area contributed by atoms with Crippen LogP contribution in [0.1, 0.15) is 21.7 Å². The average Bonchev–Trinajstić information content (AvgIpc) is 3.52. The monoisotopic (exact) mass is 553 g/mol. The zero-order chi connectivity index (χ0) is 28.4. The number of ketones is 1. The molecule has 4 aromatic rings. The molecule has 10 heteroatoms. The average molecular weight is 554 g/mol. The van der Waals surface area contributed by atoms with Crippen molar-refractivity contribution in [3.8, 4) is 11.5 Å². The first-order valence-electron chi connectivity index (χ1n) is 13.5. The van der Waals surface area contributed by atoms with Crippen LogP contribution in [0.3, 0.4) is 0 Å². The van der Waals surface area contributed by atoms with Crippen LogP contribution in [0.5, 0.6) is 0 Å². The third kappa shape index (κ3) is 7.43. The number of benzene rings is 3. The summed E-state index contributed by atoms with van der Waals surface area (Å²) in [5, 5.41) is 9.65. The molecule has 2 atom stereocenters. The number of carbonyl (C=O) groups excluding carboxylic acids is 3. The molecular formula is C31H31N5O5. The van der Waals surface area contributed by atoms with E-state index >= 15 is 0 Å². The van der Waals surface area contributed by atoms with Gasteiger partial charge in [0.1, 0.15) is 6.04 Å². The number of amides is 3. The Kier molecular flexibility index (Phi) is 9.12. The van der Waals surface area contributed by atoms with Gasteiger partial charge in [-0.3, -0.25) is 9.59 Å². The van der Waals surface area contributed by atoms with E-state index in [0.29, 0.717) is 31.9 Å². The minimum absolute atomic E-state index is 0.137. The molecule has 0 radical (unpaired) electrons. The molecule has 2 heterocycles. The molecule has 3 amide bonds. The van der Waals surface area contributed by atoms with E-state index < -0.39 is 23.8 Å². The van der Waals surface area contributed by atoms with Gasteiger partial charge in [-0.2, -0.15) is 4.98 Å². The van der Waals surface area contributed by atoms with Crippen LogP contribution in [0.15, 0.2) is 95.5 Å². The Morgan fingerprint density at radius 2 is 1.32 bits per heavy atom. The Labute approximate surface area is 237 Å². The third-order valence-corrected chi connectivity index (χ3v) is 6.78. The van der Waals surface area contributed by atoms with Gasteiger partial charge < -0.3 is 24.8 Å². The van der Waals surface area contributed by atoms with Crippen molar-refractivity contribution in [3.05, 3.63) is 108 Å². The van der Waals surface area contributed by atoms with E-state index in [4.69, 9.17) is 9.26 Å². The highest BCUT2D eigenvalue weighted by molar-refractivity contribution is 6.00. The number of carbonyl (C=O) groups is 3. The number of rotatable bonds is 10. The lowest BCUT2D eigenvalue weighted by molar-refractivity contribution is -0.123. The van der Waals surface area contributed by atoms with Gasteiger partial charge in [-0.25, -0.2) is 4.79 Å². The second-order valence-electron chi connectivity index (χ2n) is 9.70. The molecular weight excluding hydrogens is 522 g/mol. The summed E-state index contributed by atoms with van der Waals surface area (Å²) in [4.78, 5) is 46.4. The summed E-state index contributed by atoms with van der Waals surface area (Å²) < 4.78 is 10.7. The lowest BCUT2D eigenvalue weighted by Crippen LogP contribution is -2.56. The van der Waals surface area contributed by atoms with Crippen LogP contribution >= 0.6 is 0 Å². The van der Waals surface area contributed by atoms with Crippen LogP contribution in [-0.4, -0.2) is 71.1 Å². The highest BCUT2D eigenvalue weighted by Crippen LogP contribution is 2.18. The number of hydrogen-bond acceptors (Lipinski definition) is 7. The minimum Gasteiger partial charge on any atom is -0.378 e. The van der Waals surface area contributed by atoms with Gasteiger partial charge in [0.15, 0.2) is 0 Å². The van der Waals surface area contributed by atoms with Gasteiger partial charge in [0.05, 0.1) is 19.3 Å². The lowest BCUT2D eigenvalue weighted by atomic mass is 10.00. The van der Waals surface area contributed by atoms with Crippen LogP contribution < -0.4 is 10.6 Å². The van der Waals surface area contributed by atoms with Crippen molar-refractivity contribution < 1.29 is 23.6 Å². The van der Waals surface area contributed by atoms with Gasteiger partial charge in [0.2, 0.25) is 17.5 Å². The fourth-order valence-corrected chi connectivity index (χ4v) is 4.57. The Hall–Kier alpha value is -4.83. The minimum atomic E-state index is -0.996. The Balaban J connectivity index is 1.38. The summed E-state index contributed by atoms with van der Waals surface area (Å²) in [5.74, 6) is -0.914. The van der Waals surface area contributed by atoms with Crippen molar-refractivity contribution in [2.75, 3.05) is 26.3 Å². The molecule has 210 valence electrons. The van der Waals surface area contributed by atoms with E-state index in [1.54, 1.807) is 17.0 Å². The zero-order valence-electron chi connectivity index (χ0n) is 22.4. The van der Waals surface area contributed by atoms with Gasteiger partial charge in [0, 0.05) is 31.5 Å². The van der Waals surface area contributed by atoms with Gasteiger partial charge in [-0.15, -0.1) is 0 Å². The molecule has 41 heavy (non-hydrogen) atoms. The van der Waals surface area contributed by atoms with Crippen LogP contribution in [0.2, 0.25) is 0 Å². The van der Waals surface area contributed by atoms with E-state index in [0.717, 1.165) is 11.1 Å². The van der Waals surface area contributed by atoms with Gasteiger partial charge in [-0.05, 0) is 23.3 Å². The Morgan fingerprint density at radius 1 is 0.756 bits per heavy atom. The molecule has 5 rings (SSSR count). The molecule has 0 saturated carbocycles. The van der Waals surface area contributed by atoms with Crippen LogP contribution in [-0.2, 0) is 22.4 Å². The number of urea groups is 1. The molecule has 1 saturated heterocycles. The first-order valence-corrected chi connectivity index (χ1v) is 13.5. The first-order chi connectivity index (χ1) is 20.1. The largest absolute Gasteiger partial charge is 0.378 e. The van der Waals surface area contributed by atoms with E-state index in [1.165, 1.54) is 0 Å². The van der Waals surface area contributed by atoms with Crippen molar-refractivity contribution in [3.63, 3.8) is 0 Å². The first kappa shape index (κ1) is 27.7. The summed E-state index contributed by atoms with van der Waals surface area (Å²) in [6.45, 7) is 1.74. The van der Waals surface area contributed by atoms with Crippen molar-refractivity contribution >= 4 is 17.7 Å². The maximum absolute atomic E-state index is 13.7. The lowest BCUT2D eigenvalue weighted by Gasteiger charge is -2.29. The molecule has 10 nitrogen and oxygen atoms in total. The predicted molar refractivity (Wildman–Crippen MR) is 151 cm³/mol. The van der Waals surface area contributed by atoms with Crippen molar-refractivity contribution in [1.29, 1.82) is 0 Å². The maximum Gasteiger partial charge on any atom is 0.318 e. The number of Topliss-reactive ketones (excluding diaryl/α,β-unsaturated/α-hetero) is 1. The van der Waals surface area contributed by atoms with E-state index in [1.807, 2.05) is 78.9 Å². The fourth-order valence-electron chi connectivity index (χ4n) is 4.57. The van der Waals surface area contributed by atoms with Gasteiger partial charge in [0.25, 0.3) is 5.89 Å². The molecule has 0 spiro atoms. The normalized spacial score (nSPS) is 14.6. The summed E-state index contributed by atoms with van der Waals surface area (Å²) in [6.07, 6.45) is 0.450. The summed E-state index contributed by atoms with van der Waals surface area (Å²) >= 11 is 0. The van der Waals surface area contributed by atoms with E-state index in [-0.39, 0.29) is 30.6 Å². The van der Waals surface area contributed by atoms with Crippen LogP contribution in [0.25, 0.3) is 11.5 Å². The quantitative estimate of drug-likeness (QED) is 0.289. The number of morpholine rings is 1. The topological polar surface area (TPSA) is 127 Å². The van der Waals surface area contributed by atoms with E-state index in [9.17, 15) is 14.4 Å². The van der Waals surface area contributed by atoms with Crippen molar-refractivity contribution in [1.82, 2.24) is 25.7 Å². The number of nitrogens with one attached hydrogen (secondary N) is 2. The van der Waals surface area contributed by atoms with Gasteiger partial charge in [-0.1, -0.05) is 84.0 Å². The molecule has 0 bridgehead atoms. The third-order valence-electron chi connectivity index (χ3n) is 6.78. The second-order valence-corrected chi connectivity index (χ2v) is 9.70. The highest BCUT2D eigenvalue weighted by Gasteiger charge is 2.31. The molecule has 3 aromatic carbocycles. The molecule has 1 aliphatic heterocycles. The zero-order valence-corrected chi connectivity index (χ0v) is 22.4. The van der Waals surface area contributed by atoms with Crippen molar-refractivity contribution in [2.24, 2.45) is 0 Å². The number of nitrogens with zero attached hydrogens (tertiary/aromatic N) is 3. The standard InChI is InChI=1S/C31H31N5O5/c37-27(28-34-30(41-35-28)24-14-8-3-9-15-24)25(20-22-10-4-1-5-11-22)32-29(38)26(21-23-12-6-2-7-13-23)33-31(39)36-16-18-40-19-17-36/h1-15,25-26H,16-21H2,(H,32,38)(H,33,39)/t25-,26-/m0/s1. The molecule has 1 aromatic heterocycles. The predicted octanol–water partition coefficient (Wildman–Crippen LogP) is 3.30. The highest BCUT2D eigenvalue weighted by atomic mass is 16.5. The number of ether oxygens (including phenoxy) is 1. The summed E-state index contributed by atoms with van der Waals surface area (Å²) in [7, 11) is 0. The molecule has 0 unspecified atom stereocenters. The molecule has 1 aliphatic rings. The van der Waals surface area contributed by atoms with E-state index in [2.05, 4.69) is 20.8 Å². The number of aromatic nitrogens is 2. The number of hydrogen-bond donors (Lipinski definition) is 2. The second kappa shape index (κ2) is 13.5. The van der Waals surface area contributed by atoms with Crippen LogP contribution in [0.4, 0.5) is 4.79 Å². The Morgan fingerprint density at radius 3 is 1.93 bits per heavy atom. The molecule has 1 fully saturated rings. The molecule has 0 aliphatic carbocycles. The summed E-state index contributed by atoms with van der Waals surface area (Å²) in [6, 6.07) is 25.6. The summed E-state index contributed by atoms with van der Waals surface area (Å²) in [5.41, 5.74) is 2.39. The smallest absolute Gasteiger partial charge is 0.318 e. The Bertz CT molecular complexity index is 1440. The SMILES string of the molecule is O=C(N[C@@H](Cc1ccccc1)C(=O)c1noc(-c2ccccc2)n1)[C@H](Cc1ccccc1)NC(=O)N1CCOCC1. The maximum atomic E-state index is 13.7. The fraction of sp³-hybridized carbons (Fsp3) is 0.258. The van der Waals surface area contributed by atoms with Gasteiger partial charge >= 0.3 is 6.03 Å². The molecule has 2 N–H and O–H groups in total.